The van der Waals surface area contributed by atoms with Gasteiger partial charge in [-0.25, -0.2) is 0 Å². The Kier molecular flexibility index (Phi) is 6.22. The fraction of sp³-hybridized carbons (Fsp3) is 0.500. The molecular formula is C14H20O4. The third-order valence-electron chi connectivity index (χ3n) is 2.61. The van der Waals surface area contributed by atoms with Gasteiger partial charge in [0, 0.05) is 25.7 Å². The quantitative estimate of drug-likeness (QED) is 0.527. The van der Waals surface area contributed by atoms with Crippen molar-refractivity contribution in [3.05, 3.63) is 23.8 Å². The van der Waals surface area contributed by atoms with Gasteiger partial charge in [0.15, 0.2) is 5.78 Å². The van der Waals surface area contributed by atoms with Gasteiger partial charge in [-0.1, -0.05) is 0 Å². The van der Waals surface area contributed by atoms with Crippen LogP contribution in [0.25, 0.3) is 0 Å². The molecule has 1 aromatic carbocycles. The van der Waals surface area contributed by atoms with Crippen LogP contribution in [0.1, 0.15) is 30.1 Å². The van der Waals surface area contributed by atoms with Crippen LogP contribution in [0.4, 0.5) is 0 Å². The molecule has 0 aromatic heterocycles. The van der Waals surface area contributed by atoms with Gasteiger partial charge in [0.05, 0.1) is 19.8 Å². The molecule has 4 heteroatoms. The first-order chi connectivity index (χ1) is 8.72. The van der Waals surface area contributed by atoms with Gasteiger partial charge >= 0.3 is 0 Å². The van der Waals surface area contributed by atoms with Crippen molar-refractivity contribution in [2.45, 2.75) is 19.8 Å². The zero-order valence-corrected chi connectivity index (χ0v) is 11.2. The standard InChI is InChI=1S/C14H20O4/c1-4-18-9-5-6-13(15)12-8-7-11(16-2)10-14(12)17-3/h7-8,10H,4-6,9H2,1-3H3. The molecule has 0 bridgehead atoms. The van der Waals surface area contributed by atoms with E-state index >= 15 is 0 Å². The Morgan fingerprint density at radius 3 is 2.61 bits per heavy atom. The molecule has 0 unspecified atom stereocenters. The summed E-state index contributed by atoms with van der Waals surface area (Å²) < 4.78 is 15.5. The number of rotatable bonds is 8. The largest absolute Gasteiger partial charge is 0.497 e. The van der Waals surface area contributed by atoms with Crippen LogP contribution in [0, 0.1) is 0 Å². The molecule has 100 valence electrons. The van der Waals surface area contributed by atoms with Crippen LogP contribution < -0.4 is 9.47 Å². The lowest BCUT2D eigenvalue weighted by atomic mass is 10.1. The van der Waals surface area contributed by atoms with E-state index in [-0.39, 0.29) is 5.78 Å². The molecular weight excluding hydrogens is 232 g/mol. The summed E-state index contributed by atoms with van der Waals surface area (Å²) in [6, 6.07) is 5.22. The SMILES string of the molecule is CCOCCCC(=O)c1ccc(OC)cc1OC. The highest BCUT2D eigenvalue weighted by Crippen LogP contribution is 2.25. The third kappa shape index (κ3) is 4.04. The molecule has 1 aromatic rings. The van der Waals surface area contributed by atoms with Crippen LogP contribution in [0.15, 0.2) is 18.2 Å². The van der Waals surface area contributed by atoms with Crippen LogP contribution in [0.2, 0.25) is 0 Å². The van der Waals surface area contributed by atoms with Crippen LogP contribution >= 0.6 is 0 Å². The maximum Gasteiger partial charge on any atom is 0.166 e. The fourth-order valence-electron chi connectivity index (χ4n) is 1.64. The zero-order valence-electron chi connectivity index (χ0n) is 11.2. The number of ketones is 1. The van der Waals surface area contributed by atoms with Gasteiger partial charge in [0.2, 0.25) is 0 Å². The molecule has 0 aliphatic rings. The molecule has 4 nitrogen and oxygen atoms in total. The predicted molar refractivity (Wildman–Crippen MR) is 69.6 cm³/mol. The highest BCUT2D eigenvalue weighted by atomic mass is 16.5. The first kappa shape index (κ1) is 14.5. The van der Waals surface area contributed by atoms with Crippen molar-refractivity contribution in [3.8, 4) is 11.5 Å². The number of ether oxygens (including phenoxy) is 3. The Bertz CT molecular complexity index is 387. The lowest BCUT2D eigenvalue weighted by molar-refractivity contribution is 0.0944. The van der Waals surface area contributed by atoms with Crippen LogP contribution in [-0.4, -0.2) is 33.2 Å². The number of hydrogen-bond donors (Lipinski definition) is 0. The van der Waals surface area contributed by atoms with Crippen molar-refractivity contribution < 1.29 is 19.0 Å². The van der Waals surface area contributed by atoms with Gasteiger partial charge in [-0.3, -0.25) is 4.79 Å². The second-order valence-electron chi connectivity index (χ2n) is 3.79. The molecule has 0 atom stereocenters. The van der Waals surface area contributed by atoms with Gasteiger partial charge in [-0.05, 0) is 25.5 Å². The lowest BCUT2D eigenvalue weighted by Crippen LogP contribution is -2.04. The van der Waals surface area contributed by atoms with Crippen LogP contribution in [-0.2, 0) is 4.74 Å². The second kappa shape index (κ2) is 7.71. The first-order valence-electron chi connectivity index (χ1n) is 6.05. The Balaban J connectivity index is 2.66. The van der Waals surface area contributed by atoms with Crippen molar-refractivity contribution in [2.24, 2.45) is 0 Å². The minimum absolute atomic E-state index is 0.0641. The summed E-state index contributed by atoms with van der Waals surface area (Å²) in [6.45, 7) is 3.23. The molecule has 0 saturated heterocycles. The summed E-state index contributed by atoms with van der Waals surface area (Å²) in [4.78, 5) is 12.0. The Morgan fingerprint density at radius 2 is 2.00 bits per heavy atom. The van der Waals surface area contributed by atoms with Gasteiger partial charge in [0.1, 0.15) is 11.5 Å². The minimum Gasteiger partial charge on any atom is -0.497 e. The second-order valence-corrected chi connectivity index (χ2v) is 3.79. The molecule has 0 aliphatic carbocycles. The number of carbonyl (C=O) groups is 1. The number of carbonyl (C=O) groups excluding carboxylic acids is 1. The topological polar surface area (TPSA) is 44.8 Å². The summed E-state index contributed by atoms with van der Waals surface area (Å²) in [6.07, 6.45) is 1.19. The maximum atomic E-state index is 12.0. The number of Topliss-reactive ketones (excluding diaryl/α,β-unsaturated/α-hetero) is 1. The normalized spacial score (nSPS) is 10.2. The molecule has 0 spiro atoms. The van der Waals surface area contributed by atoms with E-state index in [9.17, 15) is 4.79 Å². The number of hydrogen-bond acceptors (Lipinski definition) is 4. The Hall–Kier alpha value is -1.55. The van der Waals surface area contributed by atoms with Crippen LogP contribution in [0.5, 0.6) is 11.5 Å². The average molecular weight is 252 g/mol. The van der Waals surface area contributed by atoms with Gasteiger partial charge in [0.25, 0.3) is 0 Å². The number of methoxy groups -OCH3 is 2. The van der Waals surface area contributed by atoms with E-state index in [4.69, 9.17) is 14.2 Å². The maximum absolute atomic E-state index is 12.0. The summed E-state index contributed by atoms with van der Waals surface area (Å²) in [7, 11) is 3.13. The zero-order chi connectivity index (χ0) is 13.4. The molecule has 0 aliphatic heterocycles. The van der Waals surface area contributed by atoms with E-state index in [1.54, 1.807) is 32.4 Å². The van der Waals surface area contributed by atoms with E-state index < -0.39 is 0 Å². The Morgan fingerprint density at radius 1 is 1.22 bits per heavy atom. The summed E-state index contributed by atoms with van der Waals surface area (Å²) in [5.74, 6) is 1.29. The molecule has 0 N–H and O–H groups in total. The average Bonchev–Trinajstić information content (AvgIpc) is 2.42. The summed E-state index contributed by atoms with van der Waals surface area (Å²) in [5, 5.41) is 0. The smallest absolute Gasteiger partial charge is 0.166 e. The fourth-order valence-corrected chi connectivity index (χ4v) is 1.64. The monoisotopic (exact) mass is 252 g/mol. The first-order valence-corrected chi connectivity index (χ1v) is 6.05. The summed E-state index contributed by atoms with van der Waals surface area (Å²) in [5.41, 5.74) is 0.592. The highest BCUT2D eigenvalue weighted by molar-refractivity contribution is 5.98. The van der Waals surface area contributed by atoms with E-state index in [0.29, 0.717) is 36.7 Å². The molecule has 0 fully saturated rings. The molecule has 0 heterocycles. The molecule has 1 rings (SSSR count). The van der Waals surface area contributed by atoms with E-state index in [1.807, 2.05) is 6.92 Å². The van der Waals surface area contributed by atoms with Crippen molar-refractivity contribution in [3.63, 3.8) is 0 Å². The Labute approximate surface area is 108 Å². The molecule has 0 saturated carbocycles. The van der Waals surface area contributed by atoms with E-state index in [1.165, 1.54) is 0 Å². The minimum atomic E-state index is 0.0641. The van der Waals surface area contributed by atoms with E-state index in [0.717, 1.165) is 6.42 Å². The molecule has 0 amide bonds. The highest BCUT2D eigenvalue weighted by Gasteiger charge is 2.12. The molecule has 18 heavy (non-hydrogen) atoms. The van der Waals surface area contributed by atoms with Crippen molar-refractivity contribution in [1.29, 1.82) is 0 Å². The van der Waals surface area contributed by atoms with Gasteiger partial charge in [-0.15, -0.1) is 0 Å². The van der Waals surface area contributed by atoms with Crippen molar-refractivity contribution in [1.82, 2.24) is 0 Å². The third-order valence-corrected chi connectivity index (χ3v) is 2.61. The van der Waals surface area contributed by atoms with Crippen LogP contribution in [0.3, 0.4) is 0 Å². The lowest BCUT2D eigenvalue weighted by Gasteiger charge is -2.09. The van der Waals surface area contributed by atoms with Crippen molar-refractivity contribution >= 4 is 5.78 Å². The van der Waals surface area contributed by atoms with Crippen molar-refractivity contribution in [2.75, 3.05) is 27.4 Å². The number of benzene rings is 1. The molecule has 0 radical (unpaired) electrons. The van der Waals surface area contributed by atoms with Gasteiger partial charge in [-0.2, -0.15) is 0 Å². The van der Waals surface area contributed by atoms with E-state index in [2.05, 4.69) is 0 Å². The predicted octanol–water partition coefficient (Wildman–Crippen LogP) is 2.70. The van der Waals surface area contributed by atoms with Gasteiger partial charge < -0.3 is 14.2 Å². The summed E-state index contributed by atoms with van der Waals surface area (Å²) >= 11 is 0.